The molecule has 0 aliphatic carbocycles. The highest BCUT2D eigenvalue weighted by Gasteiger charge is 2.46. The van der Waals surface area contributed by atoms with Crippen LogP contribution in [0.5, 0.6) is 6.01 Å². The molecule has 4 saturated heterocycles. The third kappa shape index (κ3) is 4.87. The lowest BCUT2D eigenvalue weighted by Gasteiger charge is -2.49. The monoisotopic (exact) mass is 657 g/mol. The Hall–Kier alpha value is -3.62. The Labute approximate surface area is 265 Å². The summed E-state index contributed by atoms with van der Waals surface area (Å²) in [5.74, 6) is -2.29. The van der Waals surface area contributed by atoms with Gasteiger partial charge in [0, 0.05) is 36.2 Å². The second kappa shape index (κ2) is 11.0. The normalized spacial score (nSPS) is 24.1. The average molecular weight is 658 g/mol. The van der Waals surface area contributed by atoms with Gasteiger partial charge in [0.25, 0.3) is 6.08 Å². The summed E-state index contributed by atoms with van der Waals surface area (Å²) in [4.78, 5) is 17.6. The molecule has 8 rings (SSSR count). The van der Waals surface area contributed by atoms with E-state index in [2.05, 4.69) is 20.2 Å². The molecule has 242 valence electrons. The molecule has 0 unspecified atom stereocenters. The van der Waals surface area contributed by atoms with E-state index in [0.29, 0.717) is 19.6 Å². The zero-order valence-electron chi connectivity index (χ0n) is 24.9. The van der Waals surface area contributed by atoms with Crippen molar-refractivity contribution in [2.45, 2.75) is 62.1 Å². The molecular weight excluding hydrogens is 625 g/mol. The van der Waals surface area contributed by atoms with E-state index in [4.69, 9.17) is 15.5 Å². The van der Waals surface area contributed by atoms with Crippen LogP contribution in [0.2, 0.25) is 0 Å². The molecule has 2 bridgehead atoms. The molecule has 46 heavy (non-hydrogen) atoms. The number of nitrogens with zero attached hydrogens (tertiary/aromatic N) is 5. The number of rotatable bonds is 6. The first kappa shape index (κ1) is 29.8. The largest absolute Gasteiger partial charge is 0.461 e. The number of hydrogen-bond acceptors (Lipinski definition) is 9. The molecule has 4 fully saturated rings. The maximum atomic E-state index is 16.7. The maximum Gasteiger partial charge on any atom is 0.319 e. The van der Waals surface area contributed by atoms with E-state index in [1.807, 2.05) is 4.90 Å². The molecule has 0 radical (unpaired) electrons. The maximum absolute atomic E-state index is 16.7. The van der Waals surface area contributed by atoms with E-state index in [1.54, 1.807) is 0 Å². The van der Waals surface area contributed by atoms with Gasteiger partial charge in [-0.25, -0.2) is 18.2 Å². The summed E-state index contributed by atoms with van der Waals surface area (Å²) in [6, 6.07) is 3.36. The summed E-state index contributed by atoms with van der Waals surface area (Å²) in [5, 5.41) is 3.50. The minimum atomic E-state index is -1.79. The van der Waals surface area contributed by atoms with Gasteiger partial charge < -0.3 is 20.7 Å². The lowest BCUT2D eigenvalue weighted by Crippen LogP contribution is -2.66. The van der Waals surface area contributed by atoms with E-state index >= 15 is 8.78 Å². The van der Waals surface area contributed by atoms with Crippen LogP contribution >= 0.6 is 11.3 Å². The Morgan fingerprint density at radius 3 is 2.63 bits per heavy atom. The number of aromatic nitrogens is 3. The average Bonchev–Trinajstić information content (AvgIpc) is 3.71. The highest BCUT2D eigenvalue weighted by molar-refractivity contribution is 7.22. The van der Waals surface area contributed by atoms with Crippen molar-refractivity contribution in [2.75, 3.05) is 43.4 Å². The zero-order chi connectivity index (χ0) is 31.8. The number of halogens is 5. The number of ether oxygens (including phenoxy) is 1. The van der Waals surface area contributed by atoms with Crippen LogP contribution in [0.4, 0.5) is 32.9 Å². The van der Waals surface area contributed by atoms with Crippen LogP contribution in [0.15, 0.2) is 30.4 Å². The number of nitrogen functional groups attached to an aromatic ring is 1. The number of benzene rings is 2. The first-order valence-corrected chi connectivity index (χ1v) is 16.4. The number of fused-ring (bicyclic) bond motifs is 5. The predicted molar refractivity (Wildman–Crippen MR) is 167 cm³/mol. The van der Waals surface area contributed by atoms with Gasteiger partial charge in [-0.2, -0.15) is 18.7 Å². The molecule has 4 aliphatic rings. The van der Waals surface area contributed by atoms with Crippen LogP contribution < -0.4 is 20.7 Å². The third-order valence-corrected chi connectivity index (χ3v) is 11.1. The van der Waals surface area contributed by atoms with Gasteiger partial charge >= 0.3 is 6.01 Å². The van der Waals surface area contributed by atoms with Gasteiger partial charge in [-0.3, -0.25) is 4.90 Å². The number of nitrogens with one attached hydrogen (secondary N) is 1. The lowest BCUT2D eigenvalue weighted by molar-refractivity contribution is 0.107. The minimum absolute atomic E-state index is 0.0366. The molecule has 4 aliphatic heterocycles. The van der Waals surface area contributed by atoms with Gasteiger partial charge in [0.05, 0.1) is 26.9 Å². The molecule has 2 aromatic carbocycles. The molecule has 2 aromatic heterocycles. The SMILES string of the molecule is Nc1nc2c(-c3c(F)cc4c(N5C[C@H]6CCC[C@@](C=C(F)F)(C5)N6)nc(OCC56CCCN5CCC6)nc4c3F)ccc(F)c2s1. The van der Waals surface area contributed by atoms with Crippen LogP contribution in [0, 0.1) is 17.5 Å². The van der Waals surface area contributed by atoms with Gasteiger partial charge in [0.2, 0.25) is 0 Å². The van der Waals surface area contributed by atoms with Crippen LogP contribution in [-0.4, -0.2) is 69.8 Å². The molecule has 14 heteroatoms. The summed E-state index contributed by atoms with van der Waals surface area (Å²) < 4.78 is 81.1. The van der Waals surface area contributed by atoms with Gasteiger partial charge in [-0.05, 0) is 76.2 Å². The van der Waals surface area contributed by atoms with E-state index in [0.717, 1.165) is 81.2 Å². The van der Waals surface area contributed by atoms with Crippen LogP contribution in [-0.2, 0) is 0 Å². The number of piperidine rings is 1. The fourth-order valence-corrected chi connectivity index (χ4v) is 9.01. The highest BCUT2D eigenvalue weighted by Crippen LogP contribution is 2.43. The molecule has 0 spiro atoms. The number of hydrogen-bond donors (Lipinski definition) is 2. The van der Waals surface area contributed by atoms with Crippen LogP contribution in [0.3, 0.4) is 0 Å². The summed E-state index contributed by atoms with van der Waals surface area (Å²) in [6.07, 6.45) is 5.21. The van der Waals surface area contributed by atoms with Gasteiger partial charge in [0.15, 0.2) is 10.9 Å². The summed E-state index contributed by atoms with van der Waals surface area (Å²) in [7, 11) is 0. The van der Waals surface area contributed by atoms with Crippen molar-refractivity contribution in [3.05, 3.63) is 47.8 Å². The van der Waals surface area contributed by atoms with Crippen molar-refractivity contribution in [1.29, 1.82) is 0 Å². The van der Waals surface area contributed by atoms with Crippen molar-refractivity contribution in [3.8, 4) is 17.1 Å². The summed E-state index contributed by atoms with van der Waals surface area (Å²) in [5.41, 5.74) is 4.15. The number of piperazine rings is 1. The van der Waals surface area contributed by atoms with Gasteiger partial charge in [-0.1, -0.05) is 11.3 Å². The fraction of sp³-hybridized carbons (Fsp3) is 0.469. The Bertz CT molecular complexity index is 1890. The van der Waals surface area contributed by atoms with Crippen molar-refractivity contribution >= 4 is 43.4 Å². The number of thiazole rings is 1. The number of nitrogens with two attached hydrogens (primary N) is 1. The summed E-state index contributed by atoms with van der Waals surface area (Å²) in [6.45, 7) is 2.80. The molecule has 0 saturated carbocycles. The summed E-state index contributed by atoms with van der Waals surface area (Å²) >= 11 is 0.890. The zero-order valence-corrected chi connectivity index (χ0v) is 25.7. The fourth-order valence-electron chi connectivity index (χ4n) is 8.24. The smallest absolute Gasteiger partial charge is 0.319 e. The van der Waals surface area contributed by atoms with Crippen LogP contribution in [0.1, 0.15) is 44.9 Å². The van der Waals surface area contributed by atoms with E-state index in [1.165, 1.54) is 6.07 Å². The van der Waals surface area contributed by atoms with E-state index in [9.17, 15) is 13.2 Å². The topological polar surface area (TPSA) is 92.4 Å². The second-order valence-electron chi connectivity index (χ2n) is 13.0. The van der Waals surface area contributed by atoms with Crippen molar-refractivity contribution in [2.24, 2.45) is 0 Å². The quantitative estimate of drug-likeness (QED) is 0.231. The molecule has 2 atom stereocenters. The standard InChI is InChI=1S/C32H32F5N7OS/c33-20-6-5-18(26-27(20)46-29(38)39-26)23-21(34)12-19-25(24(23)37)40-30(45-16-32-8-2-10-44(32)11-3-9-32)41-28(19)43-14-17-4-1-7-31(15-43,42-17)13-22(35)36/h5-6,12-13,17,42H,1-4,7-11,14-16H2,(H2,38,39)/t17-,31-/m1/s1. The minimum Gasteiger partial charge on any atom is -0.461 e. The molecule has 8 nitrogen and oxygen atoms in total. The van der Waals surface area contributed by atoms with Gasteiger partial charge in [-0.15, -0.1) is 0 Å². The van der Waals surface area contributed by atoms with Crippen molar-refractivity contribution < 1.29 is 26.7 Å². The Morgan fingerprint density at radius 1 is 1.04 bits per heavy atom. The highest BCUT2D eigenvalue weighted by atomic mass is 32.1. The van der Waals surface area contributed by atoms with Gasteiger partial charge in [0.1, 0.15) is 29.6 Å². The predicted octanol–water partition coefficient (Wildman–Crippen LogP) is 6.39. The van der Waals surface area contributed by atoms with E-state index < -0.39 is 34.6 Å². The molecular formula is C32H32F5N7OS. The van der Waals surface area contributed by atoms with Crippen LogP contribution in [0.25, 0.3) is 32.2 Å². The first-order chi connectivity index (χ1) is 22.1. The molecule has 4 aromatic rings. The Morgan fingerprint density at radius 2 is 1.85 bits per heavy atom. The lowest BCUT2D eigenvalue weighted by atomic mass is 9.82. The molecule has 6 heterocycles. The third-order valence-electron chi connectivity index (χ3n) is 10.2. The molecule has 0 amide bonds. The number of anilines is 2. The second-order valence-corrected chi connectivity index (χ2v) is 14.0. The molecule has 3 N–H and O–H groups in total. The Kier molecular flexibility index (Phi) is 7.11. The first-order valence-electron chi connectivity index (χ1n) is 15.6. The van der Waals surface area contributed by atoms with Crippen molar-refractivity contribution in [3.63, 3.8) is 0 Å². The van der Waals surface area contributed by atoms with E-state index in [-0.39, 0.29) is 61.8 Å². The Balaban J connectivity index is 1.28. The van der Waals surface area contributed by atoms with Crippen molar-refractivity contribution in [1.82, 2.24) is 25.2 Å².